The standard InChI is InChI=1S/C17H15F3N4OS2/c1-2-8-24-15(25)13-9-4-3-5-10(9)26-14(13)21-16(24)27-12-7-6-11(22-23-12)17(18,19)20/h6-7H,2-5,8H2,1H3. The van der Waals surface area contributed by atoms with Gasteiger partial charge in [0.1, 0.15) is 9.86 Å². The van der Waals surface area contributed by atoms with E-state index in [0.717, 1.165) is 49.1 Å². The van der Waals surface area contributed by atoms with Crippen LogP contribution >= 0.6 is 23.1 Å². The highest BCUT2D eigenvalue weighted by Crippen LogP contribution is 2.36. The summed E-state index contributed by atoms with van der Waals surface area (Å²) in [5.74, 6) is 0. The van der Waals surface area contributed by atoms with Gasteiger partial charge in [0.15, 0.2) is 10.9 Å². The molecule has 1 aliphatic rings. The van der Waals surface area contributed by atoms with Crippen molar-refractivity contribution in [1.82, 2.24) is 19.7 Å². The van der Waals surface area contributed by atoms with Crippen molar-refractivity contribution in [2.75, 3.05) is 0 Å². The monoisotopic (exact) mass is 412 g/mol. The van der Waals surface area contributed by atoms with E-state index in [1.54, 1.807) is 4.57 Å². The lowest BCUT2D eigenvalue weighted by molar-refractivity contribution is -0.141. The maximum absolute atomic E-state index is 13.1. The molecule has 3 aromatic heterocycles. The van der Waals surface area contributed by atoms with Gasteiger partial charge in [-0.15, -0.1) is 21.5 Å². The fraction of sp³-hybridized carbons (Fsp3) is 0.412. The maximum Gasteiger partial charge on any atom is 0.435 e. The van der Waals surface area contributed by atoms with Gasteiger partial charge in [0.05, 0.1) is 5.39 Å². The molecular weight excluding hydrogens is 397 g/mol. The first-order chi connectivity index (χ1) is 12.9. The fourth-order valence-corrected chi connectivity index (χ4v) is 5.31. The Labute approximate surface area is 160 Å². The van der Waals surface area contributed by atoms with Crippen LogP contribution in [-0.4, -0.2) is 19.7 Å². The number of hydrogen-bond donors (Lipinski definition) is 0. The molecule has 0 N–H and O–H groups in total. The molecule has 0 saturated carbocycles. The van der Waals surface area contributed by atoms with E-state index in [1.165, 1.54) is 22.3 Å². The average Bonchev–Trinajstić information content (AvgIpc) is 3.18. The molecule has 3 aromatic rings. The zero-order chi connectivity index (χ0) is 19.2. The van der Waals surface area contributed by atoms with Gasteiger partial charge >= 0.3 is 6.18 Å². The SMILES string of the molecule is CCCn1c(Sc2ccc(C(F)(F)F)nn2)nc2sc3c(c2c1=O)CCC3. The lowest BCUT2D eigenvalue weighted by atomic mass is 10.2. The predicted octanol–water partition coefficient (Wildman–Crippen LogP) is 4.32. The van der Waals surface area contributed by atoms with Crippen LogP contribution in [0.3, 0.4) is 0 Å². The van der Waals surface area contributed by atoms with Gasteiger partial charge < -0.3 is 0 Å². The molecule has 0 spiro atoms. The van der Waals surface area contributed by atoms with Gasteiger partial charge in [-0.05, 0) is 55.1 Å². The van der Waals surface area contributed by atoms with Gasteiger partial charge in [-0.2, -0.15) is 13.2 Å². The van der Waals surface area contributed by atoms with Crippen LogP contribution in [0.15, 0.2) is 27.1 Å². The number of rotatable bonds is 4. The lowest BCUT2D eigenvalue weighted by Gasteiger charge is -2.11. The third-order valence-electron chi connectivity index (χ3n) is 4.36. The lowest BCUT2D eigenvalue weighted by Crippen LogP contribution is -2.23. The van der Waals surface area contributed by atoms with Gasteiger partial charge in [0.2, 0.25) is 0 Å². The van der Waals surface area contributed by atoms with E-state index in [2.05, 4.69) is 15.2 Å². The van der Waals surface area contributed by atoms with Crippen molar-refractivity contribution >= 4 is 33.3 Å². The number of halogens is 3. The molecule has 0 aromatic carbocycles. The van der Waals surface area contributed by atoms with Crippen molar-refractivity contribution < 1.29 is 13.2 Å². The summed E-state index contributed by atoms with van der Waals surface area (Å²) in [7, 11) is 0. The Bertz CT molecular complexity index is 1060. The Hall–Kier alpha value is -1.94. The summed E-state index contributed by atoms with van der Waals surface area (Å²) in [6.07, 6.45) is -0.867. The van der Waals surface area contributed by atoms with Gasteiger partial charge in [-0.1, -0.05) is 6.92 Å². The van der Waals surface area contributed by atoms with E-state index < -0.39 is 11.9 Å². The van der Waals surface area contributed by atoms with Gasteiger partial charge in [0, 0.05) is 11.4 Å². The largest absolute Gasteiger partial charge is 0.435 e. The van der Waals surface area contributed by atoms with Crippen LogP contribution < -0.4 is 5.56 Å². The first kappa shape index (κ1) is 18.4. The molecule has 0 amide bonds. The van der Waals surface area contributed by atoms with Crippen LogP contribution in [0, 0.1) is 0 Å². The highest BCUT2D eigenvalue weighted by molar-refractivity contribution is 7.99. The molecular formula is C17H15F3N4OS2. The van der Waals surface area contributed by atoms with E-state index in [4.69, 9.17) is 0 Å². The average molecular weight is 412 g/mol. The van der Waals surface area contributed by atoms with E-state index >= 15 is 0 Å². The predicted molar refractivity (Wildman–Crippen MR) is 97.4 cm³/mol. The second-order valence-corrected chi connectivity index (χ2v) is 8.32. The minimum Gasteiger partial charge on any atom is -0.287 e. The van der Waals surface area contributed by atoms with Gasteiger partial charge in [0.25, 0.3) is 5.56 Å². The first-order valence-corrected chi connectivity index (χ1v) is 10.2. The molecule has 0 atom stereocenters. The highest BCUT2D eigenvalue weighted by atomic mass is 32.2. The molecule has 1 aliphatic carbocycles. The molecule has 5 nitrogen and oxygen atoms in total. The molecule has 27 heavy (non-hydrogen) atoms. The van der Waals surface area contributed by atoms with Gasteiger partial charge in [-0.25, -0.2) is 4.98 Å². The Morgan fingerprint density at radius 3 is 2.74 bits per heavy atom. The molecule has 0 saturated heterocycles. The number of fused-ring (bicyclic) bond motifs is 3. The summed E-state index contributed by atoms with van der Waals surface area (Å²) in [5, 5.41) is 8.28. The van der Waals surface area contributed by atoms with Crippen LogP contribution in [0.25, 0.3) is 10.2 Å². The highest BCUT2D eigenvalue weighted by Gasteiger charge is 2.33. The van der Waals surface area contributed by atoms with Crippen molar-refractivity contribution in [3.63, 3.8) is 0 Å². The first-order valence-electron chi connectivity index (χ1n) is 8.52. The summed E-state index contributed by atoms with van der Waals surface area (Å²) >= 11 is 2.60. The van der Waals surface area contributed by atoms with Crippen LogP contribution in [0.5, 0.6) is 0 Å². The quantitative estimate of drug-likeness (QED) is 0.598. The summed E-state index contributed by atoms with van der Waals surface area (Å²) in [6.45, 7) is 2.45. The molecule has 10 heteroatoms. The minimum atomic E-state index is -4.53. The fourth-order valence-electron chi connectivity index (χ4n) is 3.18. The summed E-state index contributed by atoms with van der Waals surface area (Å²) in [5.41, 5.74) is -0.0114. The molecule has 0 radical (unpaired) electrons. The number of aromatic nitrogens is 4. The number of nitrogens with zero attached hydrogens (tertiary/aromatic N) is 4. The Morgan fingerprint density at radius 1 is 1.26 bits per heavy atom. The van der Waals surface area contributed by atoms with Crippen LogP contribution in [0.1, 0.15) is 35.9 Å². The maximum atomic E-state index is 13.1. The molecule has 0 unspecified atom stereocenters. The van der Waals surface area contributed by atoms with Crippen molar-refractivity contribution in [2.45, 2.75) is 55.5 Å². The second-order valence-electron chi connectivity index (χ2n) is 6.25. The molecule has 3 heterocycles. The summed E-state index contributed by atoms with van der Waals surface area (Å²) < 4.78 is 39.6. The van der Waals surface area contributed by atoms with Crippen molar-refractivity contribution in [3.05, 3.63) is 38.6 Å². The molecule has 142 valence electrons. The topological polar surface area (TPSA) is 60.7 Å². The molecule has 4 rings (SSSR count). The van der Waals surface area contributed by atoms with E-state index in [-0.39, 0.29) is 10.6 Å². The molecule has 0 fully saturated rings. The van der Waals surface area contributed by atoms with Gasteiger partial charge in [-0.3, -0.25) is 9.36 Å². The second kappa shape index (κ2) is 6.90. The Kier molecular flexibility index (Phi) is 4.71. The van der Waals surface area contributed by atoms with E-state index in [9.17, 15) is 18.0 Å². The number of aryl methyl sites for hydroxylation is 2. The van der Waals surface area contributed by atoms with E-state index in [0.29, 0.717) is 21.9 Å². The van der Waals surface area contributed by atoms with Crippen LogP contribution in [0.4, 0.5) is 13.2 Å². The van der Waals surface area contributed by atoms with E-state index in [1.807, 2.05) is 6.92 Å². The third-order valence-corrected chi connectivity index (χ3v) is 6.47. The Balaban J connectivity index is 1.77. The third kappa shape index (κ3) is 3.36. The Morgan fingerprint density at radius 2 is 2.07 bits per heavy atom. The normalized spacial score (nSPS) is 14.1. The number of hydrogen-bond acceptors (Lipinski definition) is 6. The van der Waals surface area contributed by atoms with Crippen molar-refractivity contribution in [2.24, 2.45) is 0 Å². The van der Waals surface area contributed by atoms with Crippen molar-refractivity contribution in [1.29, 1.82) is 0 Å². The van der Waals surface area contributed by atoms with Crippen LogP contribution in [-0.2, 0) is 25.6 Å². The van der Waals surface area contributed by atoms with Crippen molar-refractivity contribution in [3.8, 4) is 0 Å². The number of thiophene rings is 1. The molecule has 0 bridgehead atoms. The smallest absolute Gasteiger partial charge is 0.287 e. The minimum absolute atomic E-state index is 0.0800. The van der Waals surface area contributed by atoms with Crippen LogP contribution in [0.2, 0.25) is 0 Å². The molecule has 0 aliphatic heterocycles. The summed E-state index contributed by atoms with van der Waals surface area (Å²) in [6, 6.07) is 2.14. The number of alkyl halides is 3. The zero-order valence-corrected chi connectivity index (χ0v) is 16.0. The zero-order valence-electron chi connectivity index (χ0n) is 14.3. The summed E-state index contributed by atoms with van der Waals surface area (Å²) in [4.78, 5) is 19.6.